The number of piperazine rings is 1. The Balaban J connectivity index is 1.56. The number of hydrogen-bond donors (Lipinski definition) is 0. The van der Waals surface area contributed by atoms with E-state index in [4.69, 9.17) is 23.2 Å². The molecule has 0 N–H and O–H groups in total. The second-order valence-electron chi connectivity index (χ2n) is 6.45. The fourth-order valence-electron chi connectivity index (χ4n) is 3.12. The first-order chi connectivity index (χ1) is 12.3. The predicted molar refractivity (Wildman–Crippen MR) is 98.5 cm³/mol. The van der Waals surface area contributed by atoms with Gasteiger partial charge in [0.05, 0.1) is 5.56 Å². The topological polar surface area (TPSA) is 6.48 Å². The Morgan fingerprint density at radius 1 is 0.808 bits per heavy atom. The lowest BCUT2D eigenvalue weighted by atomic mass is 10.1. The van der Waals surface area contributed by atoms with Crippen LogP contribution >= 0.6 is 23.2 Å². The molecule has 0 bridgehead atoms. The summed E-state index contributed by atoms with van der Waals surface area (Å²) in [7, 11) is 0. The Morgan fingerprint density at radius 3 is 1.92 bits per heavy atom. The molecule has 1 aliphatic heterocycles. The highest BCUT2D eigenvalue weighted by Crippen LogP contribution is 2.30. The van der Waals surface area contributed by atoms with Crippen LogP contribution in [0.4, 0.5) is 13.2 Å². The van der Waals surface area contributed by atoms with Gasteiger partial charge in [0.2, 0.25) is 0 Å². The van der Waals surface area contributed by atoms with Crippen LogP contribution in [-0.2, 0) is 19.3 Å². The van der Waals surface area contributed by atoms with Gasteiger partial charge in [-0.2, -0.15) is 13.2 Å². The highest BCUT2D eigenvalue weighted by molar-refractivity contribution is 6.35. The third kappa shape index (κ3) is 4.92. The van der Waals surface area contributed by atoms with Gasteiger partial charge < -0.3 is 0 Å². The monoisotopic (exact) mass is 402 g/mol. The molecule has 2 aromatic rings. The Labute approximate surface area is 161 Å². The van der Waals surface area contributed by atoms with Crippen LogP contribution in [-0.4, -0.2) is 36.0 Å². The maximum Gasteiger partial charge on any atom is 0.416 e. The van der Waals surface area contributed by atoms with Crippen molar-refractivity contribution >= 4 is 23.2 Å². The van der Waals surface area contributed by atoms with E-state index in [1.165, 1.54) is 12.1 Å². The summed E-state index contributed by atoms with van der Waals surface area (Å²) in [6, 6.07) is 11.0. The zero-order chi connectivity index (χ0) is 18.7. The molecule has 2 aromatic carbocycles. The summed E-state index contributed by atoms with van der Waals surface area (Å²) in [6.45, 7) is 4.41. The third-order valence-corrected chi connectivity index (χ3v) is 5.28. The standard InChI is InChI=1S/C19H19Cl2F3N2/c20-17-5-2-6-18(21)16(17)13-26-9-7-25(8-10-26)12-14-3-1-4-15(11-14)19(22,23)24/h1-6,11H,7-10,12-13H2. The van der Waals surface area contributed by atoms with Crippen molar-refractivity contribution in [2.75, 3.05) is 26.2 Å². The van der Waals surface area contributed by atoms with Crippen molar-refractivity contribution in [2.24, 2.45) is 0 Å². The van der Waals surface area contributed by atoms with Gasteiger partial charge in [-0.3, -0.25) is 9.80 Å². The van der Waals surface area contributed by atoms with Crippen LogP contribution in [0.25, 0.3) is 0 Å². The molecule has 1 heterocycles. The largest absolute Gasteiger partial charge is 0.416 e. The van der Waals surface area contributed by atoms with Gasteiger partial charge in [0.15, 0.2) is 0 Å². The molecule has 7 heteroatoms. The smallest absolute Gasteiger partial charge is 0.297 e. The molecule has 1 aliphatic rings. The summed E-state index contributed by atoms with van der Waals surface area (Å²) in [5, 5.41) is 1.31. The number of nitrogens with zero attached hydrogens (tertiary/aromatic N) is 2. The predicted octanol–water partition coefficient (Wildman–Crippen LogP) is 5.33. The Kier molecular flexibility index (Phi) is 6.13. The maximum absolute atomic E-state index is 12.8. The molecule has 0 saturated carbocycles. The Morgan fingerprint density at radius 2 is 1.35 bits per heavy atom. The van der Waals surface area contributed by atoms with Crippen LogP contribution in [0.3, 0.4) is 0 Å². The number of alkyl halides is 3. The first-order valence-corrected chi connectivity index (χ1v) is 9.12. The quantitative estimate of drug-likeness (QED) is 0.681. The fourth-order valence-corrected chi connectivity index (χ4v) is 3.63. The zero-order valence-corrected chi connectivity index (χ0v) is 15.6. The average Bonchev–Trinajstić information content (AvgIpc) is 2.59. The number of benzene rings is 2. The maximum atomic E-state index is 12.8. The van der Waals surface area contributed by atoms with E-state index in [1.54, 1.807) is 6.07 Å². The zero-order valence-electron chi connectivity index (χ0n) is 14.1. The van der Waals surface area contributed by atoms with Gasteiger partial charge in [-0.05, 0) is 23.8 Å². The van der Waals surface area contributed by atoms with Crippen LogP contribution in [0.1, 0.15) is 16.7 Å². The van der Waals surface area contributed by atoms with Crippen molar-refractivity contribution in [3.05, 3.63) is 69.2 Å². The van der Waals surface area contributed by atoms with E-state index in [0.29, 0.717) is 28.7 Å². The molecule has 0 aliphatic carbocycles. The normalized spacial score (nSPS) is 16.8. The Bertz CT molecular complexity index is 736. The molecule has 0 spiro atoms. The van der Waals surface area contributed by atoms with Crippen LogP contribution in [0.15, 0.2) is 42.5 Å². The van der Waals surface area contributed by atoms with Gasteiger partial charge in [-0.25, -0.2) is 0 Å². The number of halogens is 5. The van der Waals surface area contributed by atoms with Crippen molar-refractivity contribution in [1.82, 2.24) is 9.80 Å². The van der Waals surface area contributed by atoms with Crippen LogP contribution in [0, 0.1) is 0 Å². The molecule has 140 valence electrons. The lowest BCUT2D eigenvalue weighted by Crippen LogP contribution is -2.45. The summed E-state index contributed by atoms with van der Waals surface area (Å²) in [4.78, 5) is 4.43. The van der Waals surface area contributed by atoms with Crippen molar-refractivity contribution in [2.45, 2.75) is 19.3 Å². The summed E-state index contributed by atoms with van der Waals surface area (Å²) in [6.07, 6.45) is -4.30. The van der Waals surface area contributed by atoms with E-state index in [1.807, 2.05) is 18.2 Å². The van der Waals surface area contributed by atoms with E-state index in [2.05, 4.69) is 9.80 Å². The first kappa shape index (κ1) is 19.5. The van der Waals surface area contributed by atoms with Crippen molar-refractivity contribution in [1.29, 1.82) is 0 Å². The van der Waals surface area contributed by atoms with E-state index >= 15 is 0 Å². The second kappa shape index (κ2) is 8.17. The molecule has 0 amide bonds. The lowest BCUT2D eigenvalue weighted by Gasteiger charge is -2.35. The molecular weight excluding hydrogens is 384 g/mol. The summed E-state index contributed by atoms with van der Waals surface area (Å²) >= 11 is 12.4. The minimum Gasteiger partial charge on any atom is -0.297 e. The molecule has 0 atom stereocenters. The van der Waals surface area contributed by atoms with E-state index < -0.39 is 11.7 Å². The third-order valence-electron chi connectivity index (χ3n) is 4.57. The molecule has 1 fully saturated rings. The summed E-state index contributed by atoms with van der Waals surface area (Å²) in [5.41, 5.74) is 1.01. The highest BCUT2D eigenvalue weighted by Gasteiger charge is 2.30. The fraction of sp³-hybridized carbons (Fsp3) is 0.368. The van der Waals surface area contributed by atoms with Crippen molar-refractivity contribution < 1.29 is 13.2 Å². The number of hydrogen-bond acceptors (Lipinski definition) is 2. The molecule has 26 heavy (non-hydrogen) atoms. The van der Waals surface area contributed by atoms with Gasteiger partial charge in [0.1, 0.15) is 0 Å². The van der Waals surface area contributed by atoms with Gasteiger partial charge in [0, 0.05) is 54.9 Å². The van der Waals surface area contributed by atoms with Crippen LogP contribution < -0.4 is 0 Å². The molecule has 1 saturated heterocycles. The second-order valence-corrected chi connectivity index (χ2v) is 7.27. The molecule has 2 nitrogen and oxygen atoms in total. The van der Waals surface area contributed by atoms with Gasteiger partial charge in [-0.1, -0.05) is 47.5 Å². The van der Waals surface area contributed by atoms with Crippen LogP contribution in [0.5, 0.6) is 0 Å². The minimum atomic E-state index is -4.30. The van der Waals surface area contributed by atoms with Gasteiger partial charge >= 0.3 is 6.18 Å². The van der Waals surface area contributed by atoms with Gasteiger partial charge in [0.25, 0.3) is 0 Å². The minimum absolute atomic E-state index is 0.518. The molecular formula is C19H19Cl2F3N2. The number of rotatable bonds is 4. The molecule has 0 unspecified atom stereocenters. The van der Waals surface area contributed by atoms with Crippen LogP contribution in [0.2, 0.25) is 10.0 Å². The SMILES string of the molecule is FC(F)(F)c1cccc(CN2CCN(Cc3c(Cl)cccc3Cl)CC2)c1. The summed E-state index contributed by atoms with van der Waals surface area (Å²) in [5.74, 6) is 0. The molecule has 0 radical (unpaired) electrons. The summed E-state index contributed by atoms with van der Waals surface area (Å²) < 4.78 is 38.5. The van der Waals surface area contributed by atoms with Crippen molar-refractivity contribution in [3.63, 3.8) is 0 Å². The van der Waals surface area contributed by atoms with E-state index in [-0.39, 0.29) is 0 Å². The average molecular weight is 403 g/mol. The van der Waals surface area contributed by atoms with Crippen molar-refractivity contribution in [3.8, 4) is 0 Å². The molecule has 0 aromatic heterocycles. The highest BCUT2D eigenvalue weighted by atomic mass is 35.5. The van der Waals surface area contributed by atoms with E-state index in [0.717, 1.165) is 37.8 Å². The lowest BCUT2D eigenvalue weighted by molar-refractivity contribution is -0.137. The van der Waals surface area contributed by atoms with E-state index in [9.17, 15) is 13.2 Å². The Hall–Kier alpha value is -1.27. The van der Waals surface area contributed by atoms with Gasteiger partial charge in [-0.15, -0.1) is 0 Å². The first-order valence-electron chi connectivity index (χ1n) is 8.36. The molecule has 3 rings (SSSR count).